The zero-order valence-corrected chi connectivity index (χ0v) is 15.0. The SMILES string of the molecule is CCCN(CC(=O)O)C(C)C(=O)Nc1cc([N+](=O)[O-])ccc1OC.Cl. The van der Waals surface area contributed by atoms with Crippen LogP contribution in [0.5, 0.6) is 5.75 Å². The van der Waals surface area contributed by atoms with E-state index < -0.39 is 22.8 Å². The van der Waals surface area contributed by atoms with Crippen LogP contribution in [-0.4, -0.2) is 53.0 Å². The number of hydrogen-bond donors (Lipinski definition) is 2. The highest BCUT2D eigenvalue weighted by Crippen LogP contribution is 2.29. The van der Waals surface area contributed by atoms with Crippen molar-refractivity contribution in [2.24, 2.45) is 0 Å². The zero-order valence-electron chi connectivity index (χ0n) is 14.2. The van der Waals surface area contributed by atoms with Crippen molar-refractivity contribution in [1.82, 2.24) is 4.90 Å². The zero-order chi connectivity index (χ0) is 18.3. The number of anilines is 1. The van der Waals surface area contributed by atoms with Crippen molar-refractivity contribution in [2.45, 2.75) is 26.3 Å². The van der Waals surface area contributed by atoms with Crippen molar-refractivity contribution in [3.63, 3.8) is 0 Å². The number of carbonyl (C=O) groups is 2. The van der Waals surface area contributed by atoms with Crippen LogP contribution in [0.1, 0.15) is 20.3 Å². The van der Waals surface area contributed by atoms with Gasteiger partial charge in [-0.2, -0.15) is 0 Å². The largest absolute Gasteiger partial charge is 0.495 e. The Kier molecular flexibility index (Phi) is 9.47. The van der Waals surface area contributed by atoms with Gasteiger partial charge in [-0.05, 0) is 26.0 Å². The first-order valence-corrected chi connectivity index (χ1v) is 7.39. The number of carboxylic acids is 1. The fourth-order valence-electron chi connectivity index (χ4n) is 2.18. The van der Waals surface area contributed by atoms with Crippen LogP contribution >= 0.6 is 12.4 Å². The van der Waals surface area contributed by atoms with Gasteiger partial charge in [0.15, 0.2) is 0 Å². The van der Waals surface area contributed by atoms with Crippen molar-refractivity contribution in [2.75, 3.05) is 25.5 Å². The number of nitro groups is 1. The van der Waals surface area contributed by atoms with Crippen molar-refractivity contribution in [1.29, 1.82) is 0 Å². The third kappa shape index (κ3) is 6.55. The minimum absolute atomic E-state index is 0. The number of benzene rings is 1. The summed E-state index contributed by atoms with van der Waals surface area (Å²) in [6, 6.07) is 3.14. The van der Waals surface area contributed by atoms with Crippen LogP contribution in [0.25, 0.3) is 0 Å². The van der Waals surface area contributed by atoms with E-state index in [9.17, 15) is 19.7 Å². The maximum Gasteiger partial charge on any atom is 0.317 e. The molecule has 1 unspecified atom stereocenters. The van der Waals surface area contributed by atoms with E-state index in [1.165, 1.54) is 30.2 Å². The van der Waals surface area contributed by atoms with Gasteiger partial charge in [0.2, 0.25) is 5.91 Å². The molecule has 1 atom stereocenters. The summed E-state index contributed by atoms with van der Waals surface area (Å²) in [5, 5.41) is 22.4. The molecule has 0 saturated carbocycles. The average molecular weight is 376 g/mol. The molecule has 0 spiro atoms. The lowest BCUT2D eigenvalue weighted by Gasteiger charge is -2.26. The Morgan fingerprint density at radius 3 is 2.56 bits per heavy atom. The van der Waals surface area contributed by atoms with Crippen LogP contribution < -0.4 is 10.1 Å². The number of amides is 1. The fraction of sp³-hybridized carbons (Fsp3) is 0.467. The molecule has 0 fully saturated rings. The Morgan fingerprint density at radius 1 is 1.44 bits per heavy atom. The molecule has 1 aromatic carbocycles. The van der Waals surface area contributed by atoms with E-state index in [2.05, 4.69) is 5.32 Å². The van der Waals surface area contributed by atoms with Gasteiger partial charge in [-0.1, -0.05) is 6.92 Å². The lowest BCUT2D eigenvalue weighted by atomic mass is 10.2. The Bertz CT molecular complexity index is 625. The topological polar surface area (TPSA) is 122 Å². The molecule has 0 aliphatic rings. The van der Waals surface area contributed by atoms with Gasteiger partial charge in [0.1, 0.15) is 5.75 Å². The van der Waals surface area contributed by atoms with E-state index in [-0.39, 0.29) is 36.1 Å². The molecule has 140 valence electrons. The van der Waals surface area contributed by atoms with E-state index in [0.717, 1.165) is 0 Å². The van der Waals surface area contributed by atoms with Crippen LogP contribution in [0.15, 0.2) is 18.2 Å². The normalized spacial score (nSPS) is 11.4. The molecule has 0 heterocycles. The summed E-state index contributed by atoms with van der Waals surface area (Å²) in [6.45, 7) is 3.63. The predicted molar refractivity (Wildman–Crippen MR) is 94.5 cm³/mol. The maximum atomic E-state index is 12.4. The molecular formula is C15H22ClN3O6. The fourth-order valence-corrected chi connectivity index (χ4v) is 2.18. The standard InChI is InChI=1S/C15H21N3O6.ClH/c1-4-7-17(9-14(19)20)10(2)15(21)16-12-8-11(18(22)23)5-6-13(12)24-3;/h5-6,8,10H,4,7,9H2,1-3H3,(H,16,21)(H,19,20);1H. The van der Waals surface area contributed by atoms with E-state index >= 15 is 0 Å². The molecular weight excluding hydrogens is 354 g/mol. The second-order valence-corrected chi connectivity index (χ2v) is 5.17. The Balaban J connectivity index is 0.00000576. The number of aliphatic carboxylic acids is 1. The summed E-state index contributed by atoms with van der Waals surface area (Å²) in [5.41, 5.74) is -0.0231. The lowest BCUT2D eigenvalue weighted by Crippen LogP contribution is -2.45. The first-order valence-electron chi connectivity index (χ1n) is 7.39. The monoisotopic (exact) mass is 375 g/mol. The molecule has 0 aromatic heterocycles. The van der Waals surface area contributed by atoms with Crippen molar-refractivity contribution in [3.05, 3.63) is 28.3 Å². The Labute approximate surface area is 151 Å². The number of rotatable bonds is 9. The van der Waals surface area contributed by atoms with Gasteiger partial charge in [0, 0.05) is 12.1 Å². The number of methoxy groups -OCH3 is 1. The van der Waals surface area contributed by atoms with E-state index in [0.29, 0.717) is 13.0 Å². The summed E-state index contributed by atoms with van der Waals surface area (Å²) in [7, 11) is 1.38. The summed E-state index contributed by atoms with van der Waals surface area (Å²) >= 11 is 0. The first-order chi connectivity index (χ1) is 11.3. The molecule has 0 saturated heterocycles. The third-order valence-electron chi connectivity index (χ3n) is 3.43. The number of non-ortho nitro benzene ring substituents is 1. The van der Waals surface area contributed by atoms with Gasteiger partial charge in [0.05, 0.1) is 30.3 Å². The number of nitro benzene ring substituents is 1. The highest BCUT2D eigenvalue weighted by atomic mass is 35.5. The number of nitrogens with one attached hydrogen (secondary N) is 1. The maximum absolute atomic E-state index is 12.4. The average Bonchev–Trinajstić information content (AvgIpc) is 2.53. The molecule has 1 rings (SSSR count). The number of carboxylic acid groups (broad SMARTS) is 1. The lowest BCUT2D eigenvalue weighted by molar-refractivity contribution is -0.384. The highest BCUT2D eigenvalue weighted by Gasteiger charge is 2.24. The van der Waals surface area contributed by atoms with Gasteiger partial charge in [-0.15, -0.1) is 12.4 Å². The number of nitrogens with zero attached hydrogens (tertiary/aromatic N) is 2. The molecule has 0 aliphatic heterocycles. The smallest absolute Gasteiger partial charge is 0.317 e. The van der Waals surface area contributed by atoms with Crippen LogP contribution in [0.4, 0.5) is 11.4 Å². The van der Waals surface area contributed by atoms with E-state index in [1.807, 2.05) is 6.92 Å². The molecule has 1 aromatic rings. The Hall–Kier alpha value is -2.39. The molecule has 0 aliphatic carbocycles. The van der Waals surface area contributed by atoms with Crippen molar-refractivity contribution in [3.8, 4) is 5.75 Å². The van der Waals surface area contributed by atoms with Crippen molar-refractivity contribution < 1.29 is 24.4 Å². The number of carbonyl (C=O) groups excluding carboxylic acids is 1. The number of halogens is 1. The molecule has 1 amide bonds. The van der Waals surface area contributed by atoms with Crippen LogP contribution in [0, 0.1) is 10.1 Å². The van der Waals surface area contributed by atoms with E-state index in [1.54, 1.807) is 6.92 Å². The number of hydrogen-bond acceptors (Lipinski definition) is 6. The first kappa shape index (κ1) is 22.6. The van der Waals surface area contributed by atoms with Crippen molar-refractivity contribution >= 4 is 35.7 Å². The third-order valence-corrected chi connectivity index (χ3v) is 3.43. The minimum atomic E-state index is -1.03. The van der Waals surface area contributed by atoms with Gasteiger partial charge >= 0.3 is 5.97 Å². The van der Waals surface area contributed by atoms with Gasteiger partial charge < -0.3 is 15.2 Å². The second kappa shape index (κ2) is 10.5. The number of ether oxygens (including phenoxy) is 1. The van der Waals surface area contributed by atoms with Gasteiger partial charge in [0.25, 0.3) is 5.69 Å². The molecule has 2 N–H and O–H groups in total. The molecule has 0 bridgehead atoms. The molecule has 10 heteroatoms. The predicted octanol–water partition coefficient (Wildman–Crippen LogP) is 2.15. The van der Waals surface area contributed by atoms with Crippen LogP contribution in [0.2, 0.25) is 0 Å². The van der Waals surface area contributed by atoms with Crippen LogP contribution in [0.3, 0.4) is 0 Å². The molecule has 9 nitrogen and oxygen atoms in total. The minimum Gasteiger partial charge on any atom is -0.495 e. The van der Waals surface area contributed by atoms with Gasteiger partial charge in [-0.3, -0.25) is 24.6 Å². The summed E-state index contributed by atoms with van der Waals surface area (Å²) < 4.78 is 5.09. The summed E-state index contributed by atoms with van der Waals surface area (Å²) in [5.74, 6) is -1.22. The summed E-state index contributed by atoms with van der Waals surface area (Å²) in [6.07, 6.45) is 0.686. The quantitative estimate of drug-likeness (QED) is 0.500. The molecule has 25 heavy (non-hydrogen) atoms. The second-order valence-electron chi connectivity index (χ2n) is 5.17. The Morgan fingerprint density at radius 2 is 2.08 bits per heavy atom. The molecule has 0 radical (unpaired) electrons. The van der Waals surface area contributed by atoms with Gasteiger partial charge in [-0.25, -0.2) is 0 Å². The van der Waals surface area contributed by atoms with E-state index in [4.69, 9.17) is 9.84 Å². The van der Waals surface area contributed by atoms with Crippen LogP contribution in [-0.2, 0) is 9.59 Å². The highest BCUT2D eigenvalue weighted by molar-refractivity contribution is 5.96. The summed E-state index contributed by atoms with van der Waals surface area (Å²) in [4.78, 5) is 35.1.